The maximum Gasteiger partial charge on any atom is 0.230 e. The molecule has 3 heterocycles. The van der Waals surface area contributed by atoms with Crippen LogP contribution in [-0.4, -0.2) is 22.4 Å². The van der Waals surface area contributed by atoms with E-state index in [1.807, 2.05) is 53.4 Å². The van der Waals surface area contributed by atoms with Gasteiger partial charge in [0.25, 0.3) is 0 Å². The molecule has 1 aromatic carbocycles. The third-order valence-electron chi connectivity index (χ3n) is 4.75. The van der Waals surface area contributed by atoms with E-state index in [1.165, 1.54) is 0 Å². The Balaban J connectivity index is 1.47. The number of halogens is 1. The van der Waals surface area contributed by atoms with Gasteiger partial charge in [-0.1, -0.05) is 23.7 Å². The Bertz CT molecular complexity index is 895. The van der Waals surface area contributed by atoms with Crippen LogP contribution in [0.25, 0.3) is 11.1 Å². The minimum absolute atomic E-state index is 0.0245. The zero-order chi connectivity index (χ0) is 17.9. The van der Waals surface area contributed by atoms with Crippen LogP contribution in [0.5, 0.6) is 0 Å². The van der Waals surface area contributed by atoms with Gasteiger partial charge in [-0.25, -0.2) is 0 Å². The predicted molar refractivity (Wildman–Crippen MR) is 103 cm³/mol. The summed E-state index contributed by atoms with van der Waals surface area (Å²) in [5, 5.41) is 0.613. The van der Waals surface area contributed by atoms with Crippen molar-refractivity contribution in [2.24, 2.45) is 5.92 Å². The summed E-state index contributed by atoms with van der Waals surface area (Å²) in [6, 6.07) is 15.8. The van der Waals surface area contributed by atoms with Gasteiger partial charge in [0, 0.05) is 48.9 Å². The van der Waals surface area contributed by atoms with Gasteiger partial charge < -0.3 is 4.90 Å². The average molecular weight is 364 g/mol. The van der Waals surface area contributed by atoms with Gasteiger partial charge in [-0.3, -0.25) is 14.8 Å². The molecule has 4 nitrogen and oxygen atoms in total. The Kier molecular flexibility index (Phi) is 4.67. The fraction of sp³-hybridized carbons (Fsp3) is 0.190. The van der Waals surface area contributed by atoms with Crippen LogP contribution >= 0.6 is 11.6 Å². The number of benzene rings is 1. The molecule has 1 amide bonds. The highest BCUT2D eigenvalue weighted by Crippen LogP contribution is 2.29. The average Bonchev–Trinajstić information content (AvgIpc) is 3.05. The van der Waals surface area contributed by atoms with Crippen LogP contribution in [0.15, 0.2) is 67.1 Å². The molecule has 2 aromatic heterocycles. The molecule has 0 aliphatic carbocycles. The van der Waals surface area contributed by atoms with E-state index >= 15 is 0 Å². The number of hydrogen-bond acceptors (Lipinski definition) is 3. The lowest BCUT2D eigenvalue weighted by Gasteiger charge is -2.17. The summed E-state index contributed by atoms with van der Waals surface area (Å²) in [6.07, 6.45) is 6.69. The molecular weight excluding hydrogens is 346 g/mol. The van der Waals surface area contributed by atoms with Crippen molar-refractivity contribution < 1.29 is 4.79 Å². The Morgan fingerprint density at radius 1 is 1.00 bits per heavy atom. The summed E-state index contributed by atoms with van der Waals surface area (Å²) >= 11 is 5.88. The second-order valence-corrected chi connectivity index (χ2v) is 6.87. The first-order chi connectivity index (χ1) is 12.7. The first-order valence-corrected chi connectivity index (χ1v) is 9.01. The number of hydrogen-bond donors (Lipinski definition) is 0. The molecule has 1 atom stereocenters. The standard InChI is InChI=1S/C21H18ClN3O/c22-18-3-4-19(24-14-18)13-17-9-12-25(21(17)26)20-5-1-15(2-6-20)16-7-10-23-11-8-16/h1-8,10-11,14,17H,9,12-13H2. The van der Waals surface area contributed by atoms with E-state index in [2.05, 4.69) is 9.97 Å². The van der Waals surface area contributed by atoms with E-state index in [0.29, 0.717) is 11.4 Å². The van der Waals surface area contributed by atoms with Crippen LogP contribution in [0.3, 0.4) is 0 Å². The number of amides is 1. The van der Waals surface area contributed by atoms with Crippen LogP contribution in [0, 0.1) is 5.92 Å². The molecule has 0 N–H and O–H groups in total. The number of aromatic nitrogens is 2. The zero-order valence-electron chi connectivity index (χ0n) is 14.2. The summed E-state index contributed by atoms with van der Waals surface area (Å²) < 4.78 is 0. The largest absolute Gasteiger partial charge is 0.312 e. The fourth-order valence-corrected chi connectivity index (χ4v) is 3.45. The van der Waals surface area contributed by atoms with Crippen LogP contribution in [0.1, 0.15) is 12.1 Å². The summed E-state index contributed by atoms with van der Waals surface area (Å²) in [6.45, 7) is 0.742. The highest BCUT2D eigenvalue weighted by atomic mass is 35.5. The number of rotatable bonds is 4. The van der Waals surface area contributed by atoms with Gasteiger partial charge in [0.15, 0.2) is 0 Å². The van der Waals surface area contributed by atoms with E-state index < -0.39 is 0 Å². The molecule has 1 saturated heterocycles. The zero-order valence-corrected chi connectivity index (χ0v) is 14.9. The van der Waals surface area contributed by atoms with Crippen molar-refractivity contribution in [2.45, 2.75) is 12.8 Å². The Hall–Kier alpha value is -2.72. The lowest BCUT2D eigenvalue weighted by Crippen LogP contribution is -2.27. The smallest absolute Gasteiger partial charge is 0.230 e. The molecule has 26 heavy (non-hydrogen) atoms. The van der Waals surface area contributed by atoms with Crippen molar-refractivity contribution >= 4 is 23.2 Å². The molecule has 4 rings (SSSR count). The molecule has 0 bridgehead atoms. The minimum Gasteiger partial charge on any atom is -0.312 e. The lowest BCUT2D eigenvalue weighted by molar-refractivity contribution is -0.120. The van der Waals surface area contributed by atoms with Gasteiger partial charge >= 0.3 is 0 Å². The van der Waals surface area contributed by atoms with Crippen molar-refractivity contribution in [3.63, 3.8) is 0 Å². The molecule has 130 valence electrons. The third kappa shape index (κ3) is 3.46. The predicted octanol–water partition coefficient (Wildman–Crippen LogP) is 4.39. The first kappa shape index (κ1) is 16.7. The normalized spacial score (nSPS) is 16.9. The summed E-state index contributed by atoms with van der Waals surface area (Å²) in [7, 11) is 0. The molecule has 1 aliphatic rings. The van der Waals surface area contributed by atoms with Crippen molar-refractivity contribution in [3.05, 3.63) is 77.8 Å². The van der Waals surface area contributed by atoms with Crippen molar-refractivity contribution in [3.8, 4) is 11.1 Å². The van der Waals surface area contributed by atoms with Crippen LogP contribution in [0.4, 0.5) is 5.69 Å². The monoisotopic (exact) mass is 363 g/mol. The van der Waals surface area contributed by atoms with Crippen LogP contribution < -0.4 is 4.90 Å². The molecule has 0 spiro atoms. The van der Waals surface area contributed by atoms with E-state index in [1.54, 1.807) is 18.6 Å². The highest BCUT2D eigenvalue weighted by Gasteiger charge is 2.32. The highest BCUT2D eigenvalue weighted by molar-refractivity contribution is 6.30. The second kappa shape index (κ2) is 7.26. The summed E-state index contributed by atoms with van der Waals surface area (Å²) in [4.78, 5) is 23.0. The molecule has 5 heteroatoms. The Labute approximate surface area is 157 Å². The molecule has 0 saturated carbocycles. The van der Waals surface area contributed by atoms with E-state index in [0.717, 1.165) is 35.5 Å². The van der Waals surface area contributed by atoms with E-state index in [-0.39, 0.29) is 11.8 Å². The van der Waals surface area contributed by atoms with Crippen LogP contribution in [0.2, 0.25) is 5.02 Å². The Morgan fingerprint density at radius 3 is 2.42 bits per heavy atom. The molecule has 1 aliphatic heterocycles. The molecule has 1 fully saturated rings. The van der Waals surface area contributed by atoms with E-state index in [4.69, 9.17) is 11.6 Å². The quantitative estimate of drug-likeness (QED) is 0.690. The third-order valence-corrected chi connectivity index (χ3v) is 4.98. The Morgan fingerprint density at radius 2 is 1.73 bits per heavy atom. The van der Waals surface area contributed by atoms with Crippen molar-refractivity contribution in [1.82, 2.24) is 9.97 Å². The maximum atomic E-state index is 12.8. The summed E-state index contributed by atoms with van der Waals surface area (Å²) in [5.74, 6) is 0.141. The minimum atomic E-state index is -0.0245. The maximum absolute atomic E-state index is 12.8. The second-order valence-electron chi connectivity index (χ2n) is 6.43. The topological polar surface area (TPSA) is 46.1 Å². The van der Waals surface area contributed by atoms with Crippen molar-refractivity contribution in [1.29, 1.82) is 0 Å². The van der Waals surface area contributed by atoms with Gasteiger partial charge in [0.05, 0.1) is 5.02 Å². The van der Waals surface area contributed by atoms with Gasteiger partial charge in [-0.2, -0.15) is 0 Å². The van der Waals surface area contributed by atoms with Gasteiger partial charge in [0.2, 0.25) is 5.91 Å². The molecule has 3 aromatic rings. The van der Waals surface area contributed by atoms with Gasteiger partial charge in [0.1, 0.15) is 0 Å². The first-order valence-electron chi connectivity index (χ1n) is 8.63. The number of carbonyl (C=O) groups excluding carboxylic acids is 1. The number of pyridine rings is 2. The number of nitrogens with zero attached hydrogens (tertiary/aromatic N) is 3. The number of anilines is 1. The fourth-order valence-electron chi connectivity index (χ4n) is 3.34. The molecule has 1 unspecified atom stereocenters. The number of carbonyl (C=O) groups is 1. The SMILES string of the molecule is O=C1C(Cc2ccc(Cl)cn2)CCN1c1ccc(-c2ccncc2)cc1. The van der Waals surface area contributed by atoms with Crippen molar-refractivity contribution in [2.75, 3.05) is 11.4 Å². The molecule has 0 radical (unpaired) electrons. The van der Waals surface area contributed by atoms with Gasteiger partial charge in [-0.05, 0) is 53.9 Å². The van der Waals surface area contributed by atoms with E-state index in [9.17, 15) is 4.79 Å². The van der Waals surface area contributed by atoms with Gasteiger partial charge in [-0.15, -0.1) is 0 Å². The summed E-state index contributed by atoms with van der Waals surface area (Å²) in [5.41, 5.74) is 4.08. The molecular formula is C21H18ClN3O. The van der Waals surface area contributed by atoms with Crippen LogP contribution in [-0.2, 0) is 11.2 Å². The lowest BCUT2D eigenvalue weighted by atomic mass is 10.0.